The maximum atomic E-state index is 12.9. The molecular weight excluding hydrogens is 283 g/mol. The summed E-state index contributed by atoms with van der Waals surface area (Å²) in [6.07, 6.45) is 1.20. The van der Waals surface area contributed by atoms with Crippen molar-refractivity contribution in [3.63, 3.8) is 0 Å². The second-order valence-electron chi connectivity index (χ2n) is 3.97. The summed E-state index contributed by atoms with van der Waals surface area (Å²) in [5.41, 5.74) is 2.67. The van der Waals surface area contributed by atoms with Crippen LogP contribution in [0.3, 0.4) is 0 Å². The van der Waals surface area contributed by atoms with Crippen molar-refractivity contribution in [2.45, 2.75) is 4.90 Å². The molecule has 0 aliphatic carbocycles. The third-order valence-electron chi connectivity index (χ3n) is 2.73. The van der Waals surface area contributed by atoms with Crippen LogP contribution in [0.5, 0.6) is 0 Å². The molecule has 0 atom stereocenters. The fourth-order valence-corrected chi connectivity index (χ4v) is 2.71. The van der Waals surface area contributed by atoms with Gasteiger partial charge in [0.1, 0.15) is 16.5 Å². The van der Waals surface area contributed by atoms with Crippen LogP contribution in [0, 0.1) is 5.82 Å². The summed E-state index contributed by atoms with van der Waals surface area (Å²) < 4.78 is 38.6. The molecule has 0 unspecified atom stereocenters. The predicted octanol–water partition coefficient (Wildman–Crippen LogP) is 1.33. The normalized spacial score (nSPS) is 11.2. The highest BCUT2D eigenvalue weighted by Crippen LogP contribution is 2.22. The quantitative estimate of drug-likeness (QED) is 0.656. The highest BCUT2D eigenvalue weighted by atomic mass is 32.2. The van der Waals surface area contributed by atoms with Crippen LogP contribution in [0.4, 0.5) is 15.9 Å². The molecule has 0 fully saturated rings. The topological polar surface area (TPSA) is 88.3 Å². The highest BCUT2D eigenvalue weighted by molar-refractivity contribution is 7.92. The van der Waals surface area contributed by atoms with Gasteiger partial charge in [0.05, 0.1) is 5.69 Å². The molecule has 0 aliphatic heterocycles. The van der Waals surface area contributed by atoms with Crippen molar-refractivity contribution in [1.29, 1.82) is 0 Å². The number of pyridine rings is 1. The predicted molar refractivity (Wildman–Crippen MR) is 74.0 cm³/mol. The van der Waals surface area contributed by atoms with Crippen LogP contribution in [0.1, 0.15) is 0 Å². The van der Waals surface area contributed by atoms with Gasteiger partial charge in [-0.25, -0.2) is 23.6 Å². The summed E-state index contributed by atoms with van der Waals surface area (Å²) in [4.78, 5) is 3.87. The molecule has 0 amide bonds. The minimum atomic E-state index is -3.75. The molecule has 0 spiro atoms. The van der Waals surface area contributed by atoms with E-state index in [-0.39, 0.29) is 4.90 Å². The van der Waals surface area contributed by atoms with E-state index in [2.05, 4.69) is 10.4 Å². The van der Waals surface area contributed by atoms with Crippen molar-refractivity contribution in [3.05, 3.63) is 48.4 Å². The number of hydrogen-bond acceptors (Lipinski definition) is 5. The molecule has 0 bridgehead atoms. The van der Waals surface area contributed by atoms with Crippen molar-refractivity contribution in [1.82, 2.24) is 4.98 Å². The monoisotopic (exact) mass is 296 g/mol. The molecule has 1 aromatic carbocycles. The Morgan fingerprint density at radius 1 is 1.20 bits per heavy atom. The van der Waals surface area contributed by atoms with Gasteiger partial charge in [-0.15, -0.1) is 0 Å². The highest BCUT2D eigenvalue weighted by Gasteiger charge is 2.21. The van der Waals surface area contributed by atoms with E-state index < -0.39 is 15.8 Å². The van der Waals surface area contributed by atoms with E-state index in [4.69, 9.17) is 5.84 Å². The van der Waals surface area contributed by atoms with Crippen molar-refractivity contribution in [3.8, 4) is 0 Å². The maximum Gasteiger partial charge on any atom is 0.265 e. The second-order valence-corrected chi connectivity index (χ2v) is 5.94. The average Bonchev–Trinajstić information content (AvgIpc) is 2.47. The molecule has 0 aliphatic rings. The van der Waals surface area contributed by atoms with Crippen LogP contribution < -0.4 is 15.6 Å². The minimum absolute atomic E-state index is 0.0170. The summed E-state index contributed by atoms with van der Waals surface area (Å²) in [6.45, 7) is 0. The number of nitrogens with one attached hydrogen (secondary N) is 1. The summed E-state index contributed by atoms with van der Waals surface area (Å²) in [6, 6.07) is 8.00. The van der Waals surface area contributed by atoms with Gasteiger partial charge >= 0.3 is 0 Å². The number of benzene rings is 1. The van der Waals surface area contributed by atoms with Crippen LogP contribution in [-0.4, -0.2) is 20.4 Å². The Morgan fingerprint density at radius 3 is 2.35 bits per heavy atom. The summed E-state index contributed by atoms with van der Waals surface area (Å²) >= 11 is 0. The van der Waals surface area contributed by atoms with Gasteiger partial charge in [-0.2, -0.15) is 0 Å². The van der Waals surface area contributed by atoms with E-state index in [1.165, 1.54) is 49.6 Å². The largest absolute Gasteiger partial charge is 0.308 e. The van der Waals surface area contributed by atoms with Gasteiger partial charge in [-0.1, -0.05) is 0 Å². The molecule has 0 saturated carbocycles. The molecule has 3 N–H and O–H groups in total. The number of sulfonamides is 1. The number of hydrazine groups is 1. The molecule has 2 rings (SSSR count). The van der Waals surface area contributed by atoms with Gasteiger partial charge in [-0.3, -0.25) is 4.31 Å². The zero-order valence-electron chi connectivity index (χ0n) is 10.6. The zero-order valence-corrected chi connectivity index (χ0v) is 11.4. The van der Waals surface area contributed by atoms with Gasteiger partial charge in [-0.05, 0) is 36.4 Å². The molecule has 1 heterocycles. The third-order valence-corrected chi connectivity index (χ3v) is 4.50. The number of anilines is 2. The molecule has 0 radical (unpaired) electrons. The number of aromatic nitrogens is 1. The Labute approximate surface area is 116 Å². The second kappa shape index (κ2) is 5.43. The van der Waals surface area contributed by atoms with E-state index >= 15 is 0 Å². The summed E-state index contributed by atoms with van der Waals surface area (Å²) in [5.74, 6) is 5.09. The number of halogens is 1. The maximum absolute atomic E-state index is 12.9. The SMILES string of the molecule is CN(c1ccc(F)cc1)S(=O)(=O)c1ccc(NN)nc1. The first-order chi connectivity index (χ1) is 9.45. The van der Waals surface area contributed by atoms with E-state index in [0.29, 0.717) is 11.5 Å². The lowest BCUT2D eigenvalue weighted by Crippen LogP contribution is -2.26. The first-order valence-corrected chi connectivity index (χ1v) is 7.06. The summed E-state index contributed by atoms with van der Waals surface area (Å²) in [5, 5.41) is 0. The van der Waals surface area contributed by atoms with Crippen LogP contribution in [0.2, 0.25) is 0 Å². The van der Waals surface area contributed by atoms with Crippen molar-refractivity contribution in [2.75, 3.05) is 16.8 Å². The Balaban J connectivity index is 2.35. The zero-order chi connectivity index (χ0) is 14.8. The van der Waals surface area contributed by atoms with Crippen LogP contribution >= 0.6 is 0 Å². The van der Waals surface area contributed by atoms with Crippen LogP contribution in [0.25, 0.3) is 0 Å². The minimum Gasteiger partial charge on any atom is -0.308 e. The van der Waals surface area contributed by atoms with Crippen LogP contribution in [-0.2, 0) is 10.0 Å². The van der Waals surface area contributed by atoms with Gasteiger partial charge in [0, 0.05) is 13.2 Å². The van der Waals surface area contributed by atoms with Gasteiger partial charge in [0.2, 0.25) is 0 Å². The molecule has 8 heteroatoms. The first-order valence-electron chi connectivity index (χ1n) is 5.62. The number of nitrogen functional groups attached to an aromatic ring is 1. The number of nitrogens with zero attached hydrogens (tertiary/aromatic N) is 2. The van der Waals surface area contributed by atoms with E-state index in [0.717, 1.165) is 4.31 Å². The van der Waals surface area contributed by atoms with Crippen molar-refractivity contribution in [2.24, 2.45) is 5.84 Å². The molecule has 20 heavy (non-hydrogen) atoms. The van der Waals surface area contributed by atoms with Gasteiger partial charge in [0.25, 0.3) is 10.0 Å². The lowest BCUT2D eigenvalue weighted by Gasteiger charge is -2.19. The lowest BCUT2D eigenvalue weighted by molar-refractivity contribution is 0.593. The Hall–Kier alpha value is -2.19. The van der Waals surface area contributed by atoms with E-state index in [1.54, 1.807) is 0 Å². The number of nitrogens with two attached hydrogens (primary N) is 1. The fraction of sp³-hybridized carbons (Fsp3) is 0.0833. The molecule has 106 valence electrons. The van der Waals surface area contributed by atoms with Crippen molar-refractivity contribution >= 4 is 21.5 Å². The standard InChI is InChI=1S/C12H13FN4O2S/c1-17(10-4-2-9(13)3-5-10)20(18,19)11-6-7-12(16-14)15-8-11/h2-8H,14H2,1H3,(H,15,16). The molecular formula is C12H13FN4O2S. The molecule has 6 nitrogen and oxygen atoms in total. The first kappa shape index (κ1) is 14.2. The molecule has 0 saturated heterocycles. The fourth-order valence-electron chi connectivity index (χ4n) is 1.57. The Morgan fingerprint density at radius 2 is 1.85 bits per heavy atom. The smallest absolute Gasteiger partial charge is 0.265 e. The average molecular weight is 296 g/mol. The molecule has 1 aromatic heterocycles. The summed E-state index contributed by atoms with van der Waals surface area (Å²) in [7, 11) is -2.36. The van der Waals surface area contributed by atoms with Crippen molar-refractivity contribution < 1.29 is 12.8 Å². The Kier molecular flexibility index (Phi) is 3.86. The van der Waals surface area contributed by atoms with E-state index in [9.17, 15) is 12.8 Å². The number of rotatable bonds is 4. The third kappa shape index (κ3) is 2.70. The van der Waals surface area contributed by atoms with Gasteiger partial charge in [0.15, 0.2) is 0 Å². The van der Waals surface area contributed by atoms with Crippen LogP contribution in [0.15, 0.2) is 47.5 Å². The van der Waals surface area contributed by atoms with Gasteiger partial charge < -0.3 is 5.43 Å². The molecule has 2 aromatic rings. The van der Waals surface area contributed by atoms with E-state index in [1.807, 2.05) is 0 Å². The number of hydrogen-bond donors (Lipinski definition) is 2. The lowest BCUT2D eigenvalue weighted by atomic mass is 10.3. The Bertz CT molecular complexity index is 686.